The summed E-state index contributed by atoms with van der Waals surface area (Å²) in [6, 6.07) is 15.9. The smallest absolute Gasteiger partial charge is 0.261 e. The van der Waals surface area contributed by atoms with Crippen LogP contribution in [0.25, 0.3) is 0 Å². The number of likely N-dealkylation sites (N-methyl/N-ethyl adjacent to an activating group) is 1. The molecule has 0 fully saturated rings. The number of carbonyl (C=O) groups excluding carboxylic acids is 2. The maximum atomic E-state index is 13.1. The van der Waals surface area contributed by atoms with Gasteiger partial charge < -0.3 is 10.2 Å². The second-order valence-electron chi connectivity index (χ2n) is 7.60. The average molecular weight is 470 g/mol. The molecule has 0 unspecified atom stereocenters. The minimum Gasteiger partial charge on any atom is -0.332 e. The molecular weight excluding hydrogens is 445 g/mol. The second-order valence-corrected chi connectivity index (χ2v) is 9.28. The number of halogens is 1. The van der Waals surface area contributed by atoms with Gasteiger partial charge in [-0.05, 0) is 73.5 Å². The molecule has 0 radical (unpaired) electrons. The summed E-state index contributed by atoms with van der Waals surface area (Å²) < 4.78 is 40.8. The van der Waals surface area contributed by atoms with Gasteiger partial charge in [0.25, 0.3) is 15.9 Å². The highest BCUT2D eigenvalue weighted by atomic mass is 32.2. The van der Waals surface area contributed by atoms with E-state index in [9.17, 15) is 22.4 Å². The Hall–Kier alpha value is -3.72. The van der Waals surface area contributed by atoms with Gasteiger partial charge >= 0.3 is 0 Å². The number of carbonyl (C=O) groups is 2. The lowest BCUT2D eigenvalue weighted by Crippen LogP contribution is -2.35. The first-order chi connectivity index (χ1) is 15.6. The van der Waals surface area contributed by atoms with Crippen LogP contribution in [-0.2, 0) is 14.8 Å². The summed E-state index contributed by atoms with van der Waals surface area (Å²) in [7, 11) is -2.54. The molecule has 0 spiro atoms. The fourth-order valence-corrected chi connectivity index (χ4v) is 4.22. The van der Waals surface area contributed by atoms with E-state index in [2.05, 4.69) is 10.0 Å². The van der Waals surface area contributed by atoms with E-state index in [1.54, 1.807) is 6.07 Å². The number of sulfonamides is 1. The predicted molar refractivity (Wildman–Crippen MR) is 125 cm³/mol. The summed E-state index contributed by atoms with van der Waals surface area (Å²) in [5.41, 5.74) is 2.93. The van der Waals surface area contributed by atoms with Crippen LogP contribution in [0, 0.1) is 19.7 Å². The molecule has 2 N–H and O–H groups in total. The first-order valence-corrected chi connectivity index (χ1v) is 11.5. The number of hydrogen-bond acceptors (Lipinski definition) is 4. The zero-order valence-corrected chi connectivity index (χ0v) is 19.2. The van der Waals surface area contributed by atoms with Gasteiger partial charge in [0.1, 0.15) is 5.82 Å². The molecule has 3 aromatic rings. The van der Waals surface area contributed by atoms with Crippen molar-refractivity contribution in [3.63, 3.8) is 0 Å². The number of nitrogens with zero attached hydrogens (tertiary/aromatic N) is 1. The van der Waals surface area contributed by atoms with Gasteiger partial charge in [0.2, 0.25) is 5.91 Å². The lowest BCUT2D eigenvalue weighted by molar-refractivity contribution is -0.116. The van der Waals surface area contributed by atoms with Crippen LogP contribution >= 0.6 is 0 Å². The zero-order valence-electron chi connectivity index (χ0n) is 18.4. The predicted octanol–water partition coefficient (Wildman–Crippen LogP) is 3.95. The van der Waals surface area contributed by atoms with Crippen molar-refractivity contribution in [1.82, 2.24) is 4.90 Å². The molecule has 0 aromatic heterocycles. The number of aryl methyl sites for hydroxylation is 1. The molecule has 0 bridgehead atoms. The summed E-state index contributed by atoms with van der Waals surface area (Å²) >= 11 is 0. The number of hydrogen-bond donors (Lipinski definition) is 2. The zero-order chi connectivity index (χ0) is 24.2. The van der Waals surface area contributed by atoms with Crippen molar-refractivity contribution >= 4 is 33.2 Å². The first-order valence-electron chi connectivity index (χ1n) is 10.1. The van der Waals surface area contributed by atoms with Gasteiger partial charge in [0.15, 0.2) is 0 Å². The third kappa shape index (κ3) is 5.95. The minimum atomic E-state index is -4.00. The number of rotatable bonds is 7. The van der Waals surface area contributed by atoms with E-state index in [-0.39, 0.29) is 28.6 Å². The van der Waals surface area contributed by atoms with Gasteiger partial charge in [-0.25, -0.2) is 12.8 Å². The fourth-order valence-electron chi connectivity index (χ4n) is 3.11. The number of amides is 2. The van der Waals surface area contributed by atoms with Gasteiger partial charge in [0, 0.05) is 24.0 Å². The standard InChI is InChI=1S/C24H24FN3O4S/c1-16-6-4-9-22(17(16)2)26-23(29)15-28(3)24(30)18-7-5-8-21(14-18)33(31,32)27-20-12-10-19(25)11-13-20/h4-14,27H,15H2,1-3H3,(H,26,29). The molecule has 2 amide bonds. The second kappa shape index (κ2) is 9.83. The Morgan fingerprint density at radius 3 is 2.33 bits per heavy atom. The highest BCUT2D eigenvalue weighted by molar-refractivity contribution is 7.92. The van der Waals surface area contributed by atoms with Crippen molar-refractivity contribution in [3.05, 3.63) is 89.2 Å². The Kier molecular flexibility index (Phi) is 7.13. The van der Waals surface area contributed by atoms with Crippen LogP contribution in [-0.4, -0.2) is 38.7 Å². The van der Waals surface area contributed by atoms with E-state index in [0.29, 0.717) is 5.69 Å². The molecular formula is C24H24FN3O4S. The van der Waals surface area contributed by atoms with E-state index in [0.717, 1.165) is 23.3 Å². The lowest BCUT2D eigenvalue weighted by Gasteiger charge is -2.18. The van der Waals surface area contributed by atoms with E-state index in [1.807, 2.05) is 26.0 Å². The quantitative estimate of drug-likeness (QED) is 0.548. The summed E-state index contributed by atoms with van der Waals surface area (Å²) in [5.74, 6) is -1.37. The van der Waals surface area contributed by atoms with Crippen LogP contribution in [0.15, 0.2) is 71.6 Å². The Morgan fingerprint density at radius 1 is 0.970 bits per heavy atom. The Balaban J connectivity index is 1.70. The highest BCUT2D eigenvalue weighted by Crippen LogP contribution is 2.19. The van der Waals surface area contributed by atoms with Crippen LogP contribution in [0.4, 0.5) is 15.8 Å². The van der Waals surface area contributed by atoms with Gasteiger partial charge in [-0.1, -0.05) is 18.2 Å². The lowest BCUT2D eigenvalue weighted by atomic mass is 10.1. The molecule has 3 aromatic carbocycles. The molecule has 0 heterocycles. The number of nitrogens with one attached hydrogen (secondary N) is 2. The summed E-state index contributed by atoms with van der Waals surface area (Å²) in [6.07, 6.45) is 0. The van der Waals surface area contributed by atoms with Crippen LogP contribution < -0.4 is 10.0 Å². The Morgan fingerprint density at radius 2 is 1.64 bits per heavy atom. The minimum absolute atomic E-state index is 0.110. The molecule has 0 aliphatic carbocycles. The molecule has 9 heteroatoms. The van der Waals surface area contributed by atoms with E-state index in [1.165, 1.54) is 48.3 Å². The van der Waals surface area contributed by atoms with Crippen LogP contribution in [0.1, 0.15) is 21.5 Å². The Bertz CT molecular complexity index is 1290. The summed E-state index contributed by atoms with van der Waals surface area (Å²) in [4.78, 5) is 26.3. The molecule has 7 nitrogen and oxygen atoms in total. The van der Waals surface area contributed by atoms with Gasteiger partial charge in [-0.3, -0.25) is 14.3 Å². The Labute approximate surface area is 192 Å². The van der Waals surface area contributed by atoms with Gasteiger partial charge in [-0.2, -0.15) is 0 Å². The molecule has 0 saturated carbocycles. The van der Waals surface area contributed by atoms with Crippen LogP contribution in [0.5, 0.6) is 0 Å². The molecule has 172 valence electrons. The SMILES string of the molecule is Cc1cccc(NC(=O)CN(C)C(=O)c2cccc(S(=O)(=O)Nc3ccc(F)cc3)c2)c1C. The van der Waals surface area contributed by atoms with Crippen molar-refractivity contribution < 1.29 is 22.4 Å². The number of benzene rings is 3. The van der Waals surface area contributed by atoms with Crippen LogP contribution in [0.2, 0.25) is 0 Å². The normalized spacial score (nSPS) is 11.0. The van der Waals surface area contributed by atoms with Crippen molar-refractivity contribution in [2.45, 2.75) is 18.7 Å². The summed E-state index contributed by atoms with van der Waals surface area (Å²) in [5, 5.41) is 2.79. The van der Waals surface area contributed by atoms with E-state index < -0.39 is 21.7 Å². The molecule has 0 atom stereocenters. The number of anilines is 2. The van der Waals surface area contributed by atoms with Crippen LogP contribution in [0.3, 0.4) is 0 Å². The third-order valence-corrected chi connectivity index (χ3v) is 6.47. The van der Waals surface area contributed by atoms with Gasteiger partial charge in [0.05, 0.1) is 11.4 Å². The van der Waals surface area contributed by atoms with Crippen molar-refractivity contribution in [1.29, 1.82) is 0 Å². The molecule has 33 heavy (non-hydrogen) atoms. The van der Waals surface area contributed by atoms with Crippen molar-refractivity contribution in [3.8, 4) is 0 Å². The molecule has 0 aliphatic heterocycles. The maximum absolute atomic E-state index is 13.1. The van der Waals surface area contributed by atoms with E-state index in [4.69, 9.17) is 0 Å². The largest absolute Gasteiger partial charge is 0.332 e. The van der Waals surface area contributed by atoms with Gasteiger partial charge in [-0.15, -0.1) is 0 Å². The molecule has 3 rings (SSSR count). The molecule has 0 saturated heterocycles. The van der Waals surface area contributed by atoms with Crippen molar-refractivity contribution in [2.75, 3.05) is 23.6 Å². The third-order valence-electron chi connectivity index (χ3n) is 5.09. The monoisotopic (exact) mass is 469 g/mol. The first kappa shape index (κ1) is 23.9. The highest BCUT2D eigenvalue weighted by Gasteiger charge is 2.20. The van der Waals surface area contributed by atoms with E-state index >= 15 is 0 Å². The average Bonchev–Trinajstić information content (AvgIpc) is 2.78. The summed E-state index contributed by atoms with van der Waals surface area (Å²) in [6.45, 7) is 3.62. The fraction of sp³-hybridized carbons (Fsp3) is 0.167. The topological polar surface area (TPSA) is 95.6 Å². The van der Waals surface area contributed by atoms with Crippen molar-refractivity contribution in [2.24, 2.45) is 0 Å². The molecule has 0 aliphatic rings. The maximum Gasteiger partial charge on any atom is 0.261 e.